The lowest BCUT2D eigenvalue weighted by Crippen LogP contribution is -2.02. The summed E-state index contributed by atoms with van der Waals surface area (Å²) in [7, 11) is 0. The summed E-state index contributed by atoms with van der Waals surface area (Å²) in [6.07, 6.45) is 2.31. The standard InChI is InChI=1S/C12H12O2/c1-3-9-5-4-8(2)12-11(9)10(13)6-7-14-12/h4-7H,3H2,1-2H3. The van der Waals surface area contributed by atoms with Crippen LogP contribution in [-0.2, 0) is 6.42 Å². The molecule has 14 heavy (non-hydrogen) atoms. The van der Waals surface area contributed by atoms with Crippen LogP contribution in [-0.4, -0.2) is 0 Å². The fourth-order valence-corrected chi connectivity index (χ4v) is 1.69. The van der Waals surface area contributed by atoms with E-state index in [2.05, 4.69) is 0 Å². The van der Waals surface area contributed by atoms with E-state index >= 15 is 0 Å². The van der Waals surface area contributed by atoms with Gasteiger partial charge >= 0.3 is 0 Å². The number of hydrogen-bond acceptors (Lipinski definition) is 2. The van der Waals surface area contributed by atoms with Gasteiger partial charge in [0.05, 0.1) is 11.6 Å². The molecule has 1 aromatic carbocycles. The molecule has 0 unspecified atom stereocenters. The zero-order valence-electron chi connectivity index (χ0n) is 8.33. The Bertz CT molecular complexity index is 523. The van der Waals surface area contributed by atoms with Gasteiger partial charge in [-0.2, -0.15) is 0 Å². The SMILES string of the molecule is CCc1ccc(C)c2occc(=O)c12. The molecule has 0 bridgehead atoms. The zero-order valence-corrected chi connectivity index (χ0v) is 8.33. The van der Waals surface area contributed by atoms with Gasteiger partial charge in [-0.05, 0) is 24.5 Å². The highest BCUT2D eigenvalue weighted by molar-refractivity contribution is 5.82. The van der Waals surface area contributed by atoms with Crippen LogP contribution in [0.4, 0.5) is 0 Å². The maximum Gasteiger partial charge on any atom is 0.192 e. The number of rotatable bonds is 1. The molecule has 0 atom stereocenters. The molecular weight excluding hydrogens is 176 g/mol. The summed E-state index contributed by atoms with van der Waals surface area (Å²) in [5.74, 6) is 0. The highest BCUT2D eigenvalue weighted by Crippen LogP contribution is 2.19. The highest BCUT2D eigenvalue weighted by atomic mass is 16.3. The molecule has 1 heterocycles. The van der Waals surface area contributed by atoms with E-state index in [1.54, 1.807) is 0 Å². The van der Waals surface area contributed by atoms with Crippen LogP contribution in [0.5, 0.6) is 0 Å². The number of fused-ring (bicyclic) bond motifs is 1. The van der Waals surface area contributed by atoms with Crippen molar-refractivity contribution in [3.8, 4) is 0 Å². The lowest BCUT2D eigenvalue weighted by atomic mass is 10.0. The van der Waals surface area contributed by atoms with Crippen LogP contribution in [0.2, 0.25) is 0 Å². The van der Waals surface area contributed by atoms with Gasteiger partial charge in [0, 0.05) is 6.07 Å². The van der Waals surface area contributed by atoms with Gasteiger partial charge in [-0.15, -0.1) is 0 Å². The molecule has 1 aromatic heterocycles. The van der Waals surface area contributed by atoms with Gasteiger partial charge < -0.3 is 4.42 Å². The molecular formula is C12H12O2. The topological polar surface area (TPSA) is 30.2 Å². The molecule has 0 saturated carbocycles. The van der Waals surface area contributed by atoms with Crippen molar-refractivity contribution in [3.63, 3.8) is 0 Å². The smallest absolute Gasteiger partial charge is 0.192 e. The van der Waals surface area contributed by atoms with Crippen LogP contribution >= 0.6 is 0 Å². The second-order valence-corrected chi connectivity index (χ2v) is 3.38. The minimum atomic E-state index is 0.0480. The second kappa shape index (κ2) is 3.29. The number of benzene rings is 1. The molecule has 0 aliphatic rings. The van der Waals surface area contributed by atoms with E-state index in [4.69, 9.17) is 4.42 Å². The average molecular weight is 188 g/mol. The summed E-state index contributed by atoms with van der Waals surface area (Å²) in [5, 5.41) is 0.731. The summed E-state index contributed by atoms with van der Waals surface area (Å²) in [6, 6.07) is 5.46. The van der Waals surface area contributed by atoms with Crippen molar-refractivity contribution in [1.29, 1.82) is 0 Å². The molecule has 72 valence electrons. The van der Waals surface area contributed by atoms with Gasteiger partial charge in [0.1, 0.15) is 5.58 Å². The van der Waals surface area contributed by atoms with E-state index < -0.39 is 0 Å². The molecule has 2 nitrogen and oxygen atoms in total. The first-order chi connectivity index (χ1) is 6.74. The fourth-order valence-electron chi connectivity index (χ4n) is 1.69. The Kier molecular flexibility index (Phi) is 2.12. The molecule has 0 N–H and O–H groups in total. The van der Waals surface area contributed by atoms with Crippen molar-refractivity contribution in [1.82, 2.24) is 0 Å². The number of aryl methyl sites for hydroxylation is 2. The Morgan fingerprint density at radius 2 is 2.07 bits per heavy atom. The molecule has 0 aliphatic heterocycles. The van der Waals surface area contributed by atoms with Gasteiger partial charge in [-0.1, -0.05) is 19.1 Å². The predicted octanol–water partition coefficient (Wildman–Crippen LogP) is 2.66. The van der Waals surface area contributed by atoms with E-state index in [1.165, 1.54) is 12.3 Å². The van der Waals surface area contributed by atoms with Gasteiger partial charge in [0.15, 0.2) is 5.43 Å². The van der Waals surface area contributed by atoms with Crippen LogP contribution in [0.1, 0.15) is 18.1 Å². The monoisotopic (exact) mass is 188 g/mol. The molecule has 2 aromatic rings. The first-order valence-electron chi connectivity index (χ1n) is 4.74. The van der Waals surface area contributed by atoms with Crippen molar-refractivity contribution in [2.45, 2.75) is 20.3 Å². The number of hydrogen-bond donors (Lipinski definition) is 0. The van der Waals surface area contributed by atoms with Crippen molar-refractivity contribution < 1.29 is 4.42 Å². The minimum absolute atomic E-state index is 0.0480. The maximum absolute atomic E-state index is 11.7. The molecule has 0 aliphatic carbocycles. The van der Waals surface area contributed by atoms with E-state index in [9.17, 15) is 4.79 Å². The molecule has 0 radical (unpaired) electrons. The van der Waals surface area contributed by atoms with Crippen molar-refractivity contribution >= 4 is 11.0 Å². The van der Waals surface area contributed by atoms with E-state index in [1.807, 2.05) is 26.0 Å². The molecule has 0 amide bonds. The molecule has 0 spiro atoms. The van der Waals surface area contributed by atoms with Gasteiger partial charge in [0.2, 0.25) is 0 Å². The van der Waals surface area contributed by atoms with Crippen LogP contribution in [0, 0.1) is 6.92 Å². The lowest BCUT2D eigenvalue weighted by Gasteiger charge is -2.04. The van der Waals surface area contributed by atoms with Gasteiger partial charge in [0.25, 0.3) is 0 Å². The van der Waals surface area contributed by atoms with Crippen molar-refractivity contribution in [3.05, 3.63) is 45.8 Å². The third-order valence-electron chi connectivity index (χ3n) is 2.47. The van der Waals surface area contributed by atoms with Crippen LogP contribution in [0.15, 0.2) is 33.7 Å². The maximum atomic E-state index is 11.7. The summed E-state index contributed by atoms with van der Waals surface area (Å²) in [4.78, 5) is 11.7. The fraction of sp³-hybridized carbons (Fsp3) is 0.250. The highest BCUT2D eigenvalue weighted by Gasteiger charge is 2.06. The van der Waals surface area contributed by atoms with E-state index in [0.29, 0.717) is 0 Å². The lowest BCUT2D eigenvalue weighted by molar-refractivity contribution is 0.599. The van der Waals surface area contributed by atoms with E-state index in [-0.39, 0.29) is 5.43 Å². The quantitative estimate of drug-likeness (QED) is 0.688. The summed E-state index contributed by atoms with van der Waals surface area (Å²) in [6.45, 7) is 3.99. The Hall–Kier alpha value is -1.57. The first kappa shape index (κ1) is 9.00. The second-order valence-electron chi connectivity index (χ2n) is 3.38. The third-order valence-corrected chi connectivity index (χ3v) is 2.47. The largest absolute Gasteiger partial charge is 0.464 e. The Morgan fingerprint density at radius 1 is 1.29 bits per heavy atom. The predicted molar refractivity (Wildman–Crippen MR) is 56.6 cm³/mol. The normalized spacial score (nSPS) is 10.7. The zero-order chi connectivity index (χ0) is 10.1. The van der Waals surface area contributed by atoms with Crippen LogP contribution in [0.25, 0.3) is 11.0 Å². The van der Waals surface area contributed by atoms with Crippen molar-refractivity contribution in [2.75, 3.05) is 0 Å². The molecule has 0 saturated heterocycles. The van der Waals surface area contributed by atoms with Gasteiger partial charge in [-0.25, -0.2) is 0 Å². The minimum Gasteiger partial charge on any atom is -0.464 e. The Balaban J connectivity index is 3.00. The first-order valence-corrected chi connectivity index (χ1v) is 4.74. The van der Waals surface area contributed by atoms with Crippen LogP contribution in [0.3, 0.4) is 0 Å². The molecule has 2 heteroatoms. The van der Waals surface area contributed by atoms with E-state index in [0.717, 1.165) is 28.5 Å². The third kappa shape index (κ3) is 1.23. The molecule has 2 rings (SSSR count). The summed E-state index contributed by atoms with van der Waals surface area (Å²) < 4.78 is 5.37. The molecule has 0 fully saturated rings. The average Bonchev–Trinajstić information content (AvgIpc) is 2.20. The van der Waals surface area contributed by atoms with Crippen LogP contribution < -0.4 is 5.43 Å². The van der Waals surface area contributed by atoms with Gasteiger partial charge in [-0.3, -0.25) is 4.79 Å². The summed E-state index contributed by atoms with van der Waals surface area (Å²) in [5.41, 5.74) is 2.83. The van der Waals surface area contributed by atoms with Crippen molar-refractivity contribution in [2.24, 2.45) is 0 Å². The summed E-state index contributed by atoms with van der Waals surface area (Å²) >= 11 is 0. The Labute approximate surface area is 82.2 Å². The Morgan fingerprint density at radius 3 is 2.79 bits per heavy atom.